The highest BCUT2D eigenvalue weighted by molar-refractivity contribution is 5.75. The molecule has 0 aromatic heterocycles. The number of halogens is 2. The molecular formula is C9H9F2NO. The summed E-state index contributed by atoms with van der Waals surface area (Å²) in [7, 11) is 0. The largest absolute Gasteiger partial charge is 0.324 e. The summed E-state index contributed by atoms with van der Waals surface area (Å²) in [5.74, 6) is -1.42. The summed E-state index contributed by atoms with van der Waals surface area (Å²) in [4.78, 5) is 10.6. The summed E-state index contributed by atoms with van der Waals surface area (Å²) < 4.78 is 25.6. The van der Waals surface area contributed by atoms with Gasteiger partial charge in [-0.2, -0.15) is 0 Å². The summed E-state index contributed by atoms with van der Waals surface area (Å²) in [6.07, 6.45) is 3.29. The quantitative estimate of drug-likeness (QED) is 0.666. The van der Waals surface area contributed by atoms with Gasteiger partial charge in [-0.25, -0.2) is 8.78 Å². The van der Waals surface area contributed by atoms with Gasteiger partial charge in [-0.15, -0.1) is 0 Å². The van der Waals surface area contributed by atoms with Crippen molar-refractivity contribution in [1.82, 2.24) is 5.32 Å². The molecule has 0 fully saturated rings. The van der Waals surface area contributed by atoms with Crippen LogP contribution in [0.5, 0.6) is 0 Å². The van der Waals surface area contributed by atoms with Crippen molar-refractivity contribution >= 4 is 5.91 Å². The highest BCUT2D eigenvalue weighted by Gasteiger charge is 2.07. The van der Waals surface area contributed by atoms with E-state index in [0.717, 1.165) is 12.2 Å². The Morgan fingerprint density at radius 2 is 2.15 bits per heavy atom. The first kappa shape index (κ1) is 9.64. The molecule has 13 heavy (non-hydrogen) atoms. The first-order valence-electron chi connectivity index (χ1n) is 3.79. The Morgan fingerprint density at radius 1 is 1.46 bits per heavy atom. The van der Waals surface area contributed by atoms with E-state index in [9.17, 15) is 13.6 Å². The van der Waals surface area contributed by atoms with E-state index >= 15 is 0 Å². The molecule has 0 aliphatic heterocycles. The minimum absolute atomic E-state index is 0.0244. The molecule has 2 nitrogen and oxygen atoms in total. The monoisotopic (exact) mass is 185 g/mol. The summed E-state index contributed by atoms with van der Waals surface area (Å²) in [6.45, 7) is 1.27. The first-order valence-corrected chi connectivity index (χ1v) is 3.79. The van der Waals surface area contributed by atoms with Crippen LogP contribution in [0.25, 0.3) is 0 Å². The van der Waals surface area contributed by atoms with Crippen LogP contribution in [0.15, 0.2) is 35.6 Å². The number of nitrogens with one attached hydrogen (secondary N) is 1. The highest BCUT2D eigenvalue weighted by Crippen LogP contribution is 2.17. The van der Waals surface area contributed by atoms with Crippen LogP contribution >= 0.6 is 0 Å². The van der Waals surface area contributed by atoms with Gasteiger partial charge in [0.15, 0.2) is 0 Å². The van der Waals surface area contributed by atoms with E-state index in [1.54, 1.807) is 0 Å². The van der Waals surface area contributed by atoms with Crippen LogP contribution in [-0.4, -0.2) is 5.91 Å². The third-order valence-electron chi connectivity index (χ3n) is 1.49. The van der Waals surface area contributed by atoms with Crippen LogP contribution in [0.1, 0.15) is 13.3 Å². The number of allylic oxidation sites excluding steroid dienone is 5. The average molecular weight is 185 g/mol. The molecule has 1 N–H and O–H groups in total. The average Bonchev–Trinajstić information content (AvgIpc) is 2.19. The summed E-state index contributed by atoms with van der Waals surface area (Å²) >= 11 is 0. The zero-order chi connectivity index (χ0) is 9.84. The summed E-state index contributed by atoms with van der Waals surface area (Å²) in [5.41, 5.74) is 0.0244. The Morgan fingerprint density at radius 3 is 2.77 bits per heavy atom. The van der Waals surface area contributed by atoms with Crippen molar-refractivity contribution in [2.24, 2.45) is 0 Å². The maximum absolute atomic E-state index is 13.0. The topological polar surface area (TPSA) is 29.1 Å². The summed E-state index contributed by atoms with van der Waals surface area (Å²) in [5, 5.41) is 2.27. The Kier molecular flexibility index (Phi) is 2.95. The molecule has 0 spiro atoms. The molecule has 0 radical (unpaired) electrons. The Labute approximate surface area is 74.6 Å². The van der Waals surface area contributed by atoms with Gasteiger partial charge < -0.3 is 5.32 Å². The summed E-state index contributed by atoms with van der Waals surface area (Å²) in [6, 6.07) is 0. The first-order chi connectivity index (χ1) is 6.09. The number of carbonyl (C=O) groups excluding carboxylic acids is 1. The second kappa shape index (κ2) is 3.98. The highest BCUT2D eigenvalue weighted by atomic mass is 19.1. The van der Waals surface area contributed by atoms with E-state index in [2.05, 4.69) is 5.32 Å². The maximum Gasteiger partial charge on any atom is 0.221 e. The van der Waals surface area contributed by atoms with Crippen molar-refractivity contribution < 1.29 is 13.6 Å². The van der Waals surface area contributed by atoms with Crippen molar-refractivity contribution in [3.63, 3.8) is 0 Å². The molecule has 0 atom stereocenters. The van der Waals surface area contributed by atoms with Crippen LogP contribution in [-0.2, 0) is 4.79 Å². The van der Waals surface area contributed by atoms with Gasteiger partial charge in [0.05, 0.1) is 5.70 Å². The lowest BCUT2D eigenvalue weighted by Gasteiger charge is -2.02. The van der Waals surface area contributed by atoms with Crippen LogP contribution < -0.4 is 5.32 Å². The van der Waals surface area contributed by atoms with Crippen molar-refractivity contribution in [1.29, 1.82) is 0 Å². The van der Waals surface area contributed by atoms with Gasteiger partial charge in [-0.1, -0.05) is 0 Å². The van der Waals surface area contributed by atoms with Crippen LogP contribution in [0.3, 0.4) is 0 Å². The molecule has 1 rings (SSSR count). The molecule has 0 unspecified atom stereocenters. The Bertz CT molecular complexity index is 316. The molecule has 0 saturated carbocycles. The SMILES string of the molecule is CC(=O)NC1=C(F)CC=C(F)C=C1. The van der Waals surface area contributed by atoms with Crippen molar-refractivity contribution in [2.75, 3.05) is 0 Å². The molecule has 4 heteroatoms. The Balaban J connectivity index is 2.83. The molecule has 1 amide bonds. The second-order valence-electron chi connectivity index (χ2n) is 2.63. The minimum atomic E-state index is -0.543. The third-order valence-corrected chi connectivity index (χ3v) is 1.49. The van der Waals surface area contributed by atoms with Crippen LogP contribution in [0.4, 0.5) is 8.78 Å². The number of hydrogen-bond donors (Lipinski definition) is 1. The molecular weight excluding hydrogens is 176 g/mol. The standard InChI is InChI=1S/C9H9F2NO/c1-6(13)12-9-5-3-7(10)2-4-8(9)11/h2-3,5H,4H2,1H3,(H,12,13). The van der Waals surface area contributed by atoms with E-state index in [1.165, 1.54) is 13.0 Å². The lowest BCUT2D eigenvalue weighted by molar-refractivity contribution is -0.118. The second-order valence-corrected chi connectivity index (χ2v) is 2.63. The molecule has 1 aliphatic rings. The van der Waals surface area contributed by atoms with E-state index in [4.69, 9.17) is 0 Å². The number of rotatable bonds is 1. The third kappa shape index (κ3) is 2.82. The fraction of sp³-hybridized carbons (Fsp3) is 0.222. The smallest absolute Gasteiger partial charge is 0.221 e. The number of amides is 1. The zero-order valence-electron chi connectivity index (χ0n) is 7.10. The van der Waals surface area contributed by atoms with Gasteiger partial charge in [-0.05, 0) is 18.2 Å². The van der Waals surface area contributed by atoms with Crippen LogP contribution in [0, 0.1) is 0 Å². The predicted molar refractivity (Wildman–Crippen MR) is 44.9 cm³/mol. The lowest BCUT2D eigenvalue weighted by Crippen LogP contribution is -2.18. The number of hydrogen-bond acceptors (Lipinski definition) is 1. The molecule has 0 heterocycles. The molecule has 0 aromatic rings. The Hall–Kier alpha value is -1.45. The molecule has 1 aliphatic carbocycles. The van der Waals surface area contributed by atoms with Crippen molar-refractivity contribution in [3.05, 3.63) is 35.6 Å². The number of carbonyl (C=O) groups is 1. The van der Waals surface area contributed by atoms with Gasteiger partial charge in [0, 0.05) is 13.3 Å². The van der Waals surface area contributed by atoms with Gasteiger partial charge in [0.25, 0.3) is 0 Å². The molecule has 0 bridgehead atoms. The molecule has 0 saturated heterocycles. The van der Waals surface area contributed by atoms with Crippen molar-refractivity contribution in [2.45, 2.75) is 13.3 Å². The zero-order valence-corrected chi connectivity index (χ0v) is 7.10. The normalized spacial score (nSPS) is 16.7. The van der Waals surface area contributed by atoms with E-state index in [1.807, 2.05) is 0 Å². The molecule has 70 valence electrons. The fourth-order valence-electron chi connectivity index (χ4n) is 0.918. The van der Waals surface area contributed by atoms with E-state index in [-0.39, 0.29) is 18.0 Å². The predicted octanol–water partition coefficient (Wildman–Crippen LogP) is 2.12. The van der Waals surface area contributed by atoms with Crippen molar-refractivity contribution in [3.8, 4) is 0 Å². The van der Waals surface area contributed by atoms with E-state index < -0.39 is 11.7 Å². The fourth-order valence-corrected chi connectivity index (χ4v) is 0.918. The molecule has 0 aromatic carbocycles. The van der Waals surface area contributed by atoms with Crippen LogP contribution in [0.2, 0.25) is 0 Å². The maximum atomic E-state index is 13.0. The van der Waals surface area contributed by atoms with Gasteiger partial charge in [-0.3, -0.25) is 4.79 Å². The van der Waals surface area contributed by atoms with Gasteiger partial charge in [0.1, 0.15) is 11.7 Å². The van der Waals surface area contributed by atoms with E-state index in [0.29, 0.717) is 0 Å². The van der Waals surface area contributed by atoms with Gasteiger partial charge >= 0.3 is 0 Å². The minimum Gasteiger partial charge on any atom is -0.324 e. The van der Waals surface area contributed by atoms with Gasteiger partial charge in [0.2, 0.25) is 5.91 Å². The lowest BCUT2D eigenvalue weighted by atomic mass is 10.3.